The van der Waals surface area contributed by atoms with Gasteiger partial charge in [0.25, 0.3) is 5.91 Å². The molecule has 0 saturated heterocycles. The predicted molar refractivity (Wildman–Crippen MR) is 125 cm³/mol. The number of hydrogen-bond acceptors (Lipinski definition) is 4. The van der Waals surface area contributed by atoms with Crippen LogP contribution in [0.2, 0.25) is 5.02 Å². The third-order valence-corrected chi connectivity index (χ3v) is 5.90. The Hall–Kier alpha value is -3.64. The monoisotopic (exact) mass is 464 g/mol. The number of ether oxygens (including phenoxy) is 1. The van der Waals surface area contributed by atoms with E-state index < -0.39 is 17.6 Å². The normalized spacial score (nSPS) is 12.9. The van der Waals surface area contributed by atoms with E-state index in [0.717, 1.165) is 16.7 Å². The van der Waals surface area contributed by atoms with E-state index in [1.165, 1.54) is 18.2 Å². The van der Waals surface area contributed by atoms with Crippen molar-refractivity contribution in [1.29, 1.82) is 0 Å². The van der Waals surface area contributed by atoms with Crippen molar-refractivity contribution < 1.29 is 18.7 Å². The highest BCUT2D eigenvalue weighted by Gasteiger charge is 2.30. The molecule has 0 saturated carbocycles. The first-order chi connectivity index (χ1) is 15.9. The average molecular weight is 465 g/mol. The Labute approximate surface area is 196 Å². The maximum atomic E-state index is 14.1. The number of nitrogens with zero attached hydrogens (tertiary/aromatic N) is 1. The summed E-state index contributed by atoms with van der Waals surface area (Å²) in [6, 6.07) is 19.4. The molecule has 4 rings (SSSR count). The number of carbonyl (C=O) groups is 2. The van der Waals surface area contributed by atoms with Crippen LogP contribution in [0.15, 0.2) is 72.4 Å². The summed E-state index contributed by atoms with van der Waals surface area (Å²) in [6.45, 7) is 0.478. The Morgan fingerprint density at radius 2 is 1.85 bits per heavy atom. The van der Waals surface area contributed by atoms with Gasteiger partial charge in [0.1, 0.15) is 17.3 Å². The molecule has 0 atom stereocenters. The molecule has 2 amide bonds. The van der Waals surface area contributed by atoms with Gasteiger partial charge in [-0.1, -0.05) is 54.1 Å². The first-order valence-corrected chi connectivity index (χ1v) is 10.7. The highest BCUT2D eigenvalue weighted by atomic mass is 35.5. The van der Waals surface area contributed by atoms with Crippen LogP contribution in [0.3, 0.4) is 0 Å². The summed E-state index contributed by atoms with van der Waals surface area (Å²) >= 11 is 6.04. The molecule has 0 radical (unpaired) electrons. The second-order valence-corrected chi connectivity index (χ2v) is 8.13. The molecule has 1 aliphatic heterocycles. The summed E-state index contributed by atoms with van der Waals surface area (Å²) in [4.78, 5) is 27.8. The molecule has 168 valence electrons. The number of carbonyl (C=O) groups excluding carboxylic acids is 2. The number of methoxy groups -OCH3 is 1. The molecule has 0 unspecified atom stereocenters. The predicted octanol–water partition coefficient (Wildman–Crippen LogP) is 4.58. The van der Waals surface area contributed by atoms with Gasteiger partial charge < -0.3 is 9.64 Å². The van der Waals surface area contributed by atoms with Crippen LogP contribution in [0, 0.1) is 5.82 Å². The number of benzene rings is 3. The van der Waals surface area contributed by atoms with Gasteiger partial charge in [-0.05, 0) is 41.0 Å². The number of halogens is 2. The van der Waals surface area contributed by atoms with Crippen LogP contribution in [0.1, 0.15) is 22.3 Å². The van der Waals surface area contributed by atoms with Crippen LogP contribution < -0.4 is 10.1 Å². The van der Waals surface area contributed by atoms with Gasteiger partial charge in [-0.3, -0.25) is 14.9 Å². The van der Waals surface area contributed by atoms with Crippen molar-refractivity contribution in [3.8, 4) is 5.75 Å². The quantitative estimate of drug-likeness (QED) is 0.600. The molecule has 0 fully saturated rings. The van der Waals surface area contributed by atoms with Gasteiger partial charge in [0.2, 0.25) is 5.91 Å². The number of rotatable bonds is 5. The van der Waals surface area contributed by atoms with E-state index in [1.807, 2.05) is 48.5 Å². The highest BCUT2D eigenvalue weighted by molar-refractivity contribution is 6.31. The molecule has 33 heavy (non-hydrogen) atoms. The number of nitrogens with one attached hydrogen (secondary N) is 1. The second kappa shape index (κ2) is 9.46. The van der Waals surface area contributed by atoms with E-state index in [0.29, 0.717) is 23.6 Å². The Balaban J connectivity index is 1.74. The Morgan fingerprint density at radius 1 is 1.09 bits per heavy atom. The van der Waals surface area contributed by atoms with Gasteiger partial charge in [0.15, 0.2) is 0 Å². The van der Waals surface area contributed by atoms with Crippen LogP contribution in [-0.4, -0.2) is 30.9 Å². The SMILES string of the molecule is COc1ccc2c(c1)C(c1ccccc1)=C(C(=O)NC(=O)Cc1c(F)cccc1Cl)N(C)C2. The topological polar surface area (TPSA) is 58.6 Å². The Kier molecular flexibility index (Phi) is 6.47. The molecule has 1 heterocycles. The van der Waals surface area contributed by atoms with E-state index >= 15 is 0 Å². The third-order valence-electron chi connectivity index (χ3n) is 5.54. The zero-order valence-electron chi connectivity index (χ0n) is 18.2. The lowest BCUT2D eigenvalue weighted by molar-refractivity contribution is -0.128. The van der Waals surface area contributed by atoms with Crippen molar-refractivity contribution in [3.63, 3.8) is 0 Å². The van der Waals surface area contributed by atoms with Crippen molar-refractivity contribution in [2.45, 2.75) is 13.0 Å². The van der Waals surface area contributed by atoms with Gasteiger partial charge >= 0.3 is 0 Å². The molecule has 0 spiro atoms. The lowest BCUT2D eigenvalue weighted by Crippen LogP contribution is -2.39. The van der Waals surface area contributed by atoms with Gasteiger partial charge in [0, 0.05) is 29.8 Å². The third kappa shape index (κ3) is 4.61. The molecule has 1 N–H and O–H groups in total. The van der Waals surface area contributed by atoms with Crippen LogP contribution >= 0.6 is 11.6 Å². The fourth-order valence-electron chi connectivity index (χ4n) is 3.98. The largest absolute Gasteiger partial charge is 0.497 e. The van der Waals surface area contributed by atoms with E-state index in [-0.39, 0.29) is 17.0 Å². The van der Waals surface area contributed by atoms with Gasteiger partial charge in [-0.25, -0.2) is 4.39 Å². The summed E-state index contributed by atoms with van der Waals surface area (Å²) in [5, 5.41) is 2.54. The molecule has 3 aromatic carbocycles. The maximum absolute atomic E-state index is 14.1. The van der Waals surface area contributed by atoms with Crippen LogP contribution in [-0.2, 0) is 22.6 Å². The number of likely N-dealkylation sites (N-methyl/N-ethyl adjacent to an activating group) is 1. The van der Waals surface area contributed by atoms with Crippen molar-refractivity contribution in [2.75, 3.05) is 14.2 Å². The van der Waals surface area contributed by atoms with Crippen molar-refractivity contribution >= 4 is 29.0 Å². The maximum Gasteiger partial charge on any atom is 0.274 e. The van der Waals surface area contributed by atoms with Crippen molar-refractivity contribution in [1.82, 2.24) is 10.2 Å². The van der Waals surface area contributed by atoms with E-state index in [1.54, 1.807) is 19.1 Å². The minimum Gasteiger partial charge on any atom is -0.497 e. The minimum atomic E-state index is -0.642. The summed E-state index contributed by atoms with van der Waals surface area (Å²) in [5.74, 6) is -1.14. The average Bonchev–Trinajstić information content (AvgIpc) is 2.80. The molecule has 5 nitrogen and oxygen atoms in total. The highest BCUT2D eigenvalue weighted by Crippen LogP contribution is 2.37. The number of hydrogen-bond donors (Lipinski definition) is 1. The van der Waals surface area contributed by atoms with Crippen molar-refractivity contribution in [3.05, 3.63) is 106 Å². The molecule has 3 aromatic rings. The molecule has 0 aromatic heterocycles. The molecular formula is C26H22ClFN2O3. The Morgan fingerprint density at radius 3 is 2.55 bits per heavy atom. The standard InChI is InChI=1S/C26H22ClFN2O3/c1-30-15-17-11-12-18(33-2)13-19(17)24(16-7-4-3-5-8-16)25(30)26(32)29-23(31)14-20-21(27)9-6-10-22(20)28/h3-13H,14-15H2,1-2H3,(H,29,31,32). The van der Waals surface area contributed by atoms with E-state index in [9.17, 15) is 14.0 Å². The first-order valence-electron chi connectivity index (χ1n) is 10.3. The van der Waals surface area contributed by atoms with Crippen LogP contribution in [0.25, 0.3) is 5.57 Å². The minimum absolute atomic E-state index is 0.0498. The summed E-state index contributed by atoms with van der Waals surface area (Å²) in [5.41, 5.74) is 3.79. The summed E-state index contributed by atoms with van der Waals surface area (Å²) in [7, 11) is 3.38. The molecule has 1 aliphatic rings. The number of amides is 2. The zero-order chi connectivity index (χ0) is 23.5. The van der Waals surface area contributed by atoms with Gasteiger partial charge in [-0.2, -0.15) is 0 Å². The van der Waals surface area contributed by atoms with E-state index in [4.69, 9.17) is 16.3 Å². The van der Waals surface area contributed by atoms with E-state index in [2.05, 4.69) is 5.32 Å². The molecule has 7 heteroatoms. The Bertz CT molecular complexity index is 1240. The summed E-state index contributed by atoms with van der Waals surface area (Å²) < 4.78 is 19.5. The molecular weight excluding hydrogens is 443 g/mol. The summed E-state index contributed by atoms with van der Waals surface area (Å²) in [6.07, 6.45) is -0.348. The lowest BCUT2D eigenvalue weighted by Gasteiger charge is -2.32. The van der Waals surface area contributed by atoms with Gasteiger partial charge in [0.05, 0.1) is 13.5 Å². The van der Waals surface area contributed by atoms with Gasteiger partial charge in [-0.15, -0.1) is 0 Å². The molecule has 0 bridgehead atoms. The fraction of sp³-hybridized carbons (Fsp3) is 0.154. The molecule has 0 aliphatic carbocycles. The lowest BCUT2D eigenvalue weighted by atomic mass is 9.88. The van der Waals surface area contributed by atoms with Crippen LogP contribution in [0.4, 0.5) is 4.39 Å². The second-order valence-electron chi connectivity index (χ2n) is 7.72. The van der Waals surface area contributed by atoms with Crippen molar-refractivity contribution in [2.24, 2.45) is 0 Å². The zero-order valence-corrected chi connectivity index (χ0v) is 18.9. The first kappa shape index (κ1) is 22.6. The number of imide groups is 1. The fourth-order valence-corrected chi connectivity index (χ4v) is 4.21. The number of fused-ring (bicyclic) bond motifs is 1. The smallest absolute Gasteiger partial charge is 0.274 e. The van der Waals surface area contributed by atoms with Crippen LogP contribution in [0.5, 0.6) is 5.75 Å².